The lowest BCUT2D eigenvalue weighted by molar-refractivity contribution is -0.137. The zero-order valence-electron chi connectivity index (χ0n) is 9.27. The highest BCUT2D eigenvalue weighted by Gasteiger charge is 2.31. The van der Waals surface area contributed by atoms with Gasteiger partial charge in [0, 0.05) is 6.54 Å². The molecule has 0 amide bonds. The molecule has 0 radical (unpaired) electrons. The van der Waals surface area contributed by atoms with Gasteiger partial charge >= 0.3 is 6.18 Å². The van der Waals surface area contributed by atoms with Crippen LogP contribution >= 0.6 is 11.6 Å². The average molecular weight is 263 g/mol. The van der Waals surface area contributed by atoms with Crippen molar-refractivity contribution in [2.45, 2.75) is 26.6 Å². The zero-order chi connectivity index (χ0) is 12.8. The number of aromatic nitrogens is 2. The van der Waals surface area contributed by atoms with Crippen LogP contribution in [0, 0.1) is 6.92 Å². The molecule has 0 atom stereocenters. The molecule has 2 nitrogen and oxygen atoms in total. The standard InChI is InChI=1S/C11H10ClF3N2/c1-3-17-8-5-7(11(13,14)15)4-6(2)9(8)16-10(17)12/h4-5H,3H2,1-2H3. The SMILES string of the molecule is CCn1c(Cl)nc2c(C)cc(C(F)(F)F)cc21. The van der Waals surface area contributed by atoms with Gasteiger partial charge in [-0.05, 0) is 43.1 Å². The summed E-state index contributed by atoms with van der Waals surface area (Å²) in [6, 6.07) is 2.18. The molecular formula is C11H10ClF3N2. The Kier molecular flexibility index (Phi) is 2.81. The van der Waals surface area contributed by atoms with Gasteiger partial charge in [0.05, 0.1) is 16.6 Å². The number of halogens is 4. The molecule has 0 unspecified atom stereocenters. The third kappa shape index (κ3) is 1.99. The summed E-state index contributed by atoms with van der Waals surface area (Å²) in [6.07, 6.45) is -4.35. The molecule has 17 heavy (non-hydrogen) atoms. The van der Waals surface area contributed by atoms with Crippen LogP contribution in [-0.4, -0.2) is 9.55 Å². The van der Waals surface area contributed by atoms with E-state index in [1.165, 1.54) is 0 Å². The van der Waals surface area contributed by atoms with Crippen LogP contribution in [0.2, 0.25) is 5.28 Å². The predicted molar refractivity (Wildman–Crippen MR) is 60.2 cm³/mol. The molecule has 1 aromatic carbocycles. The third-order valence-corrected chi connectivity index (χ3v) is 2.93. The number of alkyl halides is 3. The first-order chi connectivity index (χ1) is 7.84. The first-order valence-corrected chi connectivity index (χ1v) is 5.46. The lowest BCUT2D eigenvalue weighted by atomic mass is 10.1. The second-order valence-electron chi connectivity index (χ2n) is 3.78. The van der Waals surface area contributed by atoms with Gasteiger partial charge in [0.15, 0.2) is 0 Å². The molecule has 92 valence electrons. The minimum absolute atomic E-state index is 0.213. The van der Waals surface area contributed by atoms with E-state index in [4.69, 9.17) is 11.6 Å². The summed E-state index contributed by atoms with van der Waals surface area (Å²) < 4.78 is 39.6. The molecule has 0 aliphatic carbocycles. The molecule has 0 bridgehead atoms. The highest BCUT2D eigenvalue weighted by atomic mass is 35.5. The van der Waals surface area contributed by atoms with Gasteiger partial charge in [0.25, 0.3) is 0 Å². The van der Waals surface area contributed by atoms with Crippen LogP contribution in [0.5, 0.6) is 0 Å². The summed E-state index contributed by atoms with van der Waals surface area (Å²) in [6.45, 7) is 3.89. The number of rotatable bonds is 1. The van der Waals surface area contributed by atoms with Gasteiger partial charge in [-0.1, -0.05) is 0 Å². The largest absolute Gasteiger partial charge is 0.416 e. The van der Waals surface area contributed by atoms with Crippen LogP contribution in [0.1, 0.15) is 18.1 Å². The first kappa shape index (κ1) is 12.2. The first-order valence-electron chi connectivity index (χ1n) is 5.08. The van der Waals surface area contributed by atoms with Crippen LogP contribution in [0.4, 0.5) is 13.2 Å². The lowest BCUT2D eigenvalue weighted by Crippen LogP contribution is -2.06. The normalized spacial score (nSPS) is 12.4. The molecule has 1 heterocycles. The summed E-state index contributed by atoms with van der Waals surface area (Å²) in [5, 5.41) is 0.213. The van der Waals surface area contributed by atoms with E-state index in [0.717, 1.165) is 12.1 Å². The van der Waals surface area contributed by atoms with Crippen molar-refractivity contribution in [3.8, 4) is 0 Å². The molecule has 0 spiro atoms. The number of nitrogens with zero attached hydrogens (tertiary/aromatic N) is 2. The number of hydrogen-bond donors (Lipinski definition) is 0. The molecule has 2 aromatic rings. The van der Waals surface area contributed by atoms with Gasteiger partial charge in [-0.2, -0.15) is 13.2 Å². The molecule has 0 N–H and O–H groups in total. The van der Waals surface area contributed by atoms with E-state index >= 15 is 0 Å². The van der Waals surface area contributed by atoms with E-state index in [9.17, 15) is 13.2 Å². The molecule has 0 saturated heterocycles. The van der Waals surface area contributed by atoms with Crippen molar-refractivity contribution in [1.82, 2.24) is 9.55 Å². The minimum Gasteiger partial charge on any atom is -0.315 e. The Labute approximate surface area is 101 Å². The van der Waals surface area contributed by atoms with E-state index in [0.29, 0.717) is 23.1 Å². The maximum Gasteiger partial charge on any atom is 0.416 e. The van der Waals surface area contributed by atoms with Gasteiger partial charge in [-0.15, -0.1) is 0 Å². The van der Waals surface area contributed by atoms with Crippen LogP contribution < -0.4 is 0 Å². The summed E-state index contributed by atoms with van der Waals surface area (Å²) in [7, 11) is 0. The summed E-state index contributed by atoms with van der Waals surface area (Å²) >= 11 is 5.88. The summed E-state index contributed by atoms with van der Waals surface area (Å²) in [5.41, 5.74) is 0.743. The maximum atomic E-state index is 12.7. The predicted octanol–water partition coefficient (Wildman–Crippen LogP) is 4.04. The fourth-order valence-corrected chi connectivity index (χ4v) is 2.12. The zero-order valence-corrected chi connectivity index (χ0v) is 10.0. The van der Waals surface area contributed by atoms with Crippen LogP contribution in [-0.2, 0) is 12.7 Å². The smallest absolute Gasteiger partial charge is 0.315 e. The van der Waals surface area contributed by atoms with E-state index in [2.05, 4.69) is 4.98 Å². The monoisotopic (exact) mass is 262 g/mol. The Morgan fingerprint density at radius 2 is 2.00 bits per heavy atom. The van der Waals surface area contributed by atoms with Crippen molar-refractivity contribution in [2.75, 3.05) is 0 Å². The van der Waals surface area contributed by atoms with Crippen LogP contribution in [0.3, 0.4) is 0 Å². The van der Waals surface area contributed by atoms with Gasteiger partial charge in [0.2, 0.25) is 5.28 Å². The topological polar surface area (TPSA) is 17.8 Å². The van der Waals surface area contributed by atoms with Gasteiger partial charge in [-0.3, -0.25) is 0 Å². The van der Waals surface area contributed by atoms with Crippen LogP contribution in [0.15, 0.2) is 12.1 Å². The Morgan fingerprint density at radius 3 is 2.53 bits per heavy atom. The number of imidazole rings is 1. The van der Waals surface area contributed by atoms with Crippen molar-refractivity contribution in [2.24, 2.45) is 0 Å². The molecular weight excluding hydrogens is 253 g/mol. The highest BCUT2D eigenvalue weighted by molar-refractivity contribution is 6.29. The second-order valence-corrected chi connectivity index (χ2v) is 4.12. The van der Waals surface area contributed by atoms with Crippen molar-refractivity contribution in [3.63, 3.8) is 0 Å². The van der Waals surface area contributed by atoms with E-state index < -0.39 is 11.7 Å². The molecule has 6 heteroatoms. The average Bonchev–Trinajstić information content (AvgIpc) is 2.53. The molecule has 0 fully saturated rings. The van der Waals surface area contributed by atoms with Crippen molar-refractivity contribution >= 4 is 22.6 Å². The Bertz CT molecular complexity index is 572. The van der Waals surface area contributed by atoms with E-state index in [-0.39, 0.29) is 5.28 Å². The van der Waals surface area contributed by atoms with Gasteiger partial charge < -0.3 is 4.57 Å². The number of benzene rings is 1. The summed E-state index contributed by atoms with van der Waals surface area (Å²) in [4.78, 5) is 4.07. The van der Waals surface area contributed by atoms with Gasteiger partial charge in [0.1, 0.15) is 0 Å². The number of aryl methyl sites for hydroxylation is 2. The Balaban J connectivity index is 2.79. The third-order valence-electron chi connectivity index (χ3n) is 2.64. The second kappa shape index (κ2) is 3.91. The molecule has 1 aromatic heterocycles. The Morgan fingerprint density at radius 1 is 1.35 bits per heavy atom. The fourth-order valence-electron chi connectivity index (χ4n) is 1.83. The molecule has 0 aliphatic heterocycles. The minimum atomic E-state index is -4.35. The highest BCUT2D eigenvalue weighted by Crippen LogP contribution is 2.33. The molecule has 0 saturated carbocycles. The van der Waals surface area contributed by atoms with Crippen molar-refractivity contribution < 1.29 is 13.2 Å². The summed E-state index contributed by atoms with van der Waals surface area (Å²) in [5.74, 6) is 0. The molecule has 0 aliphatic rings. The van der Waals surface area contributed by atoms with E-state index in [1.54, 1.807) is 11.5 Å². The molecule has 2 rings (SSSR count). The lowest BCUT2D eigenvalue weighted by Gasteiger charge is -2.09. The maximum absolute atomic E-state index is 12.7. The number of hydrogen-bond acceptors (Lipinski definition) is 1. The van der Waals surface area contributed by atoms with Crippen LogP contribution in [0.25, 0.3) is 11.0 Å². The quantitative estimate of drug-likeness (QED) is 0.758. The van der Waals surface area contributed by atoms with Gasteiger partial charge in [-0.25, -0.2) is 4.98 Å². The fraction of sp³-hybridized carbons (Fsp3) is 0.364. The van der Waals surface area contributed by atoms with Crippen molar-refractivity contribution in [1.29, 1.82) is 0 Å². The number of fused-ring (bicyclic) bond motifs is 1. The Hall–Kier alpha value is -1.23. The van der Waals surface area contributed by atoms with E-state index in [1.807, 2.05) is 6.92 Å². The van der Waals surface area contributed by atoms with Crippen molar-refractivity contribution in [3.05, 3.63) is 28.5 Å².